The zero-order valence-corrected chi connectivity index (χ0v) is 8.70. The van der Waals surface area contributed by atoms with Gasteiger partial charge in [0.1, 0.15) is 0 Å². The summed E-state index contributed by atoms with van der Waals surface area (Å²) in [6.45, 7) is 0.320. The lowest BCUT2D eigenvalue weighted by Crippen LogP contribution is -2.25. The number of hydrogen-bond donors (Lipinski definition) is 1. The van der Waals surface area contributed by atoms with E-state index in [1.807, 2.05) is 30.3 Å². The third-order valence-corrected chi connectivity index (χ3v) is 3.87. The molecular weight excluding hydrogens is 210 g/mol. The Morgan fingerprint density at radius 2 is 1.93 bits per heavy atom. The molecule has 76 valence electrons. The van der Waals surface area contributed by atoms with Crippen molar-refractivity contribution in [3.63, 3.8) is 0 Å². The highest BCUT2D eigenvalue weighted by atomic mass is 32.2. The Morgan fingerprint density at radius 1 is 1.20 bits per heavy atom. The standard InChI is InChI=1S/C11H9NO2S/c13-12-7-9-5-1-3-8-4-2-6-10(11(8)9)15(12)14/h1-6,13H,7H2. The van der Waals surface area contributed by atoms with E-state index in [2.05, 4.69) is 0 Å². The molecule has 0 fully saturated rings. The summed E-state index contributed by atoms with van der Waals surface area (Å²) < 4.78 is 12.7. The molecule has 1 atom stereocenters. The minimum Gasteiger partial charge on any atom is -0.301 e. The van der Waals surface area contributed by atoms with Crippen LogP contribution in [-0.2, 0) is 17.5 Å². The van der Waals surface area contributed by atoms with E-state index in [4.69, 9.17) is 0 Å². The van der Waals surface area contributed by atoms with E-state index in [-0.39, 0.29) is 0 Å². The Bertz CT molecular complexity index is 562. The van der Waals surface area contributed by atoms with Gasteiger partial charge >= 0.3 is 0 Å². The fraction of sp³-hybridized carbons (Fsp3) is 0.0909. The summed E-state index contributed by atoms with van der Waals surface area (Å²) in [5.41, 5.74) is 1.02. The number of hydrogen-bond acceptors (Lipinski definition) is 2. The van der Waals surface area contributed by atoms with Crippen LogP contribution < -0.4 is 0 Å². The van der Waals surface area contributed by atoms with Crippen LogP contribution in [0.4, 0.5) is 0 Å². The molecule has 1 N–H and O–H groups in total. The topological polar surface area (TPSA) is 40.5 Å². The summed E-state index contributed by atoms with van der Waals surface area (Å²) >= 11 is 0. The van der Waals surface area contributed by atoms with Gasteiger partial charge in [0, 0.05) is 5.39 Å². The van der Waals surface area contributed by atoms with Crippen LogP contribution in [0.5, 0.6) is 0 Å². The molecule has 15 heavy (non-hydrogen) atoms. The lowest BCUT2D eigenvalue weighted by molar-refractivity contribution is 0.00105. The number of hydroxylamine groups is 1. The highest BCUT2D eigenvalue weighted by Crippen LogP contribution is 2.31. The molecule has 3 rings (SSSR count). The van der Waals surface area contributed by atoms with Gasteiger partial charge in [-0.15, -0.1) is 0 Å². The first-order valence-electron chi connectivity index (χ1n) is 4.66. The van der Waals surface area contributed by atoms with Crippen LogP contribution in [0, 0.1) is 0 Å². The summed E-state index contributed by atoms with van der Waals surface area (Å²) in [5.74, 6) is 0. The summed E-state index contributed by atoms with van der Waals surface area (Å²) in [6.07, 6.45) is 0. The molecule has 2 aromatic carbocycles. The molecule has 0 bridgehead atoms. The molecule has 3 nitrogen and oxygen atoms in total. The monoisotopic (exact) mass is 219 g/mol. The molecule has 0 saturated heterocycles. The van der Waals surface area contributed by atoms with E-state index in [1.54, 1.807) is 6.07 Å². The van der Waals surface area contributed by atoms with Crippen molar-refractivity contribution in [3.8, 4) is 0 Å². The van der Waals surface area contributed by atoms with Crippen molar-refractivity contribution >= 4 is 21.8 Å². The first kappa shape index (κ1) is 9.03. The Balaban J connectivity index is 2.46. The number of benzene rings is 2. The Morgan fingerprint density at radius 3 is 2.73 bits per heavy atom. The van der Waals surface area contributed by atoms with Crippen LogP contribution in [0.3, 0.4) is 0 Å². The van der Waals surface area contributed by atoms with Crippen LogP contribution in [0.2, 0.25) is 0 Å². The average Bonchev–Trinajstić information content (AvgIpc) is 2.26. The molecule has 0 saturated carbocycles. The second-order valence-corrected chi connectivity index (χ2v) is 4.89. The third-order valence-electron chi connectivity index (χ3n) is 2.64. The van der Waals surface area contributed by atoms with Crippen molar-refractivity contribution in [2.75, 3.05) is 0 Å². The minimum absolute atomic E-state index is 0.320. The van der Waals surface area contributed by atoms with Gasteiger partial charge in [0.05, 0.1) is 11.4 Å². The van der Waals surface area contributed by atoms with Crippen molar-refractivity contribution < 1.29 is 9.42 Å². The zero-order valence-electron chi connectivity index (χ0n) is 7.88. The van der Waals surface area contributed by atoms with E-state index in [9.17, 15) is 9.42 Å². The molecule has 2 aromatic rings. The van der Waals surface area contributed by atoms with E-state index < -0.39 is 11.0 Å². The second kappa shape index (κ2) is 3.13. The largest absolute Gasteiger partial charge is 0.301 e. The van der Waals surface area contributed by atoms with Crippen molar-refractivity contribution in [2.24, 2.45) is 0 Å². The lowest BCUT2D eigenvalue weighted by atomic mass is 10.0. The fourth-order valence-electron chi connectivity index (χ4n) is 1.98. The Hall–Kier alpha value is -1.23. The summed E-state index contributed by atoms with van der Waals surface area (Å²) in [7, 11) is -1.44. The van der Waals surface area contributed by atoms with E-state index in [0.29, 0.717) is 11.4 Å². The molecule has 1 heterocycles. The number of rotatable bonds is 0. The summed E-state index contributed by atoms with van der Waals surface area (Å²) in [6, 6.07) is 11.5. The SMILES string of the molecule is O=S1c2cccc3cccc(c23)CN1O. The predicted molar refractivity (Wildman–Crippen MR) is 57.7 cm³/mol. The fourth-order valence-corrected chi connectivity index (χ4v) is 3.08. The van der Waals surface area contributed by atoms with Crippen LogP contribution in [0.1, 0.15) is 5.56 Å². The average molecular weight is 219 g/mol. The van der Waals surface area contributed by atoms with Gasteiger partial charge in [0.25, 0.3) is 0 Å². The van der Waals surface area contributed by atoms with Gasteiger partial charge in [-0.25, -0.2) is 4.21 Å². The third kappa shape index (κ3) is 1.23. The Labute approximate surface area is 89.5 Å². The number of nitrogens with zero attached hydrogens (tertiary/aromatic N) is 1. The maximum atomic E-state index is 11.8. The second-order valence-electron chi connectivity index (χ2n) is 3.53. The van der Waals surface area contributed by atoms with Gasteiger partial charge in [-0.05, 0) is 17.0 Å². The van der Waals surface area contributed by atoms with Gasteiger partial charge in [-0.3, -0.25) is 0 Å². The van der Waals surface area contributed by atoms with Gasteiger partial charge in [-0.1, -0.05) is 34.8 Å². The zero-order chi connectivity index (χ0) is 10.4. The van der Waals surface area contributed by atoms with Crippen LogP contribution in [-0.4, -0.2) is 13.9 Å². The van der Waals surface area contributed by atoms with Gasteiger partial charge in [-0.2, -0.15) is 0 Å². The molecule has 0 aliphatic carbocycles. The van der Waals surface area contributed by atoms with E-state index in [1.165, 1.54) is 0 Å². The van der Waals surface area contributed by atoms with Gasteiger partial charge < -0.3 is 5.21 Å². The molecule has 1 aliphatic rings. The van der Waals surface area contributed by atoms with Crippen molar-refractivity contribution in [3.05, 3.63) is 42.0 Å². The first-order chi connectivity index (χ1) is 7.27. The van der Waals surface area contributed by atoms with Crippen molar-refractivity contribution in [2.45, 2.75) is 11.4 Å². The summed E-state index contributed by atoms with van der Waals surface area (Å²) in [5, 5.41) is 11.6. The molecule has 4 heteroatoms. The molecule has 0 amide bonds. The highest BCUT2D eigenvalue weighted by molar-refractivity contribution is 7.82. The highest BCUT2D eigenvalue weighted by Gasteiger charge is 2.23. The molecule has 1 aliphatic heterocycles. The molecule has 1 unspecified atom stereocenters. The maximum absolute atomic E-state index is 11.8. The quantitative estimate of drug-likeness (QED) is 0.736. The van der Waals surface area contributed by atoms with Gasteiger partial charge in [0.2, 0.25) is 0 Å². The van der Waals surface area contributed by atoms with E-state index >= 15 is 0 Å². The summed E-state index contributed by atoms with van der Waals surface area (Å²) in [4.78, 5) is 0.692. The Kier molecular flexibility index (Phi) is 1.88. The van der Waals surface area contributed by atoms with Crippen LogP contribution >= 0.6 is 0 Å². The smallest absolute Gasteiger partial charge is 0.152 e. The van der Waals surface area contributed by atoms with Crippen LogP contribution in [0.15, 0.2) is 41.3 Å². The maximum Gasteiger partial charge on any atom is 0.152 e. The van der Waals surface area contributed by atoms with Crippen molar-refractivity contribution in [1.82, 2.24) is 4.47 Å². The van der Waals surface area contributed by atoms with Crippen molar-refractivity contribution in [1.29, 1.82) is 0 Å². The van der Waals surface area contributed by atoms with Crippen LogP contribution in [0.25, 0.3) is 10.8 Å². The molecule has 0 spiro atoms. The molecule has 0 radical (unpaired) electrons. The normalized spacial score (nSPS) is 20.7. The minimum atomic E-state index is -1.44. The van der Waals surface area contributed by atoms with Gasteiger partial charge in [0.15, 0.2) is 11.0 Å². The molecule has 0 aromatic heterocycles. The first-order valence-corrected chi connectivity index (χ1v) is 5.77. The van der Waals surface area contributed by atoms with E-state index in [0.717, 1.165) is 20.8 Å². The predicted octanol–water partition coefficient (Wildman–Crippen LogP) is 2.07. The molecular formula is C11H9NO2S. The lowest BCUT2D eigenvalue weighted by Gasteiger charge is -2.22.